The molecule has 0 saturated carbocycles. The van der Waals surface area contributed by atoms with Crippen LogP contribution in [0.5, 0.6) is 0 Å². The number of nitrogens with zero attached hydrogens (tertiary/aromatic N) is 1. The lowest BCUT2D eigenvalue weighted by atomic mass is 10.0. The normalized spacial score (nSPS) is 10.7. The summed E-state index contributed by atoms with van der Waals surface area (Å²) in [6.07, 6.45) is 0. The average molecular weight is 329 g/mol. The molecule has 2 N–H and O–H groups in total. The molecule has 0 unspecified atom stereocenters. The predicted octanol–water partition coefficient (Wildman–Crippen LogP) is 4.66. The van der Waals surface area contributed by atoms with Crippen molar-refractivity contribution in [3.8, 4) is 22.5 Å². The van der Waals surface area contributed by atoms with Gasteiger partial charge in [0.25, 0.3) is 0 Å². The number of rotatable bonds is 2. The van der Waals surface area contributed by atoms with Gasteiger partial charge in [0.15, 0.2) is 11.6 Å². The average Bonchev–Trinajstić information content (AvgIpc) is 2.85. The molecule has 0 bridgehead atoms. The molecule has 3 rings (SSSR count). The number of hydrogen-bond donors (Lipinski definition) is 1. The molecule has 0 fully saturated rings. The van der Waals surface area contributed by atoms with Crippen molar-refractivity contribution in [1.29, 1.82) is 0 Å². The van der Waals surface area contributed by atoms with Crippen molar-refractivity contribution in [2.75, 3.05) is 5.73 Å². The maximum atomic E-state index is 5.96. The number of anilines is 1. The van der Waals surface area contributed by atoms with Crippen LogP contribution in [0.1, 0.15) is 5.56 Å². The Morgan fingerprint density at radius 3 is 2.50 bits per heavy atom. The topological polar surface area (TPSA) is 52.0 Å². The number of benzene rings is 2. The molecule has 0 radical (unpaired) electrons. The molecule has 0 spiro atoms. The molecule has 0 aliphatic rings. The number of nitrogens with two attached hydrogens (primary N) is 1. The van der Waals surface area contributed by atoms with Crippen LogP contribution < -0.4 is 5.73 Å². The van der Waals surface area contributed by atoms with Crippen LogP contribution in [0.2, 0.25) is 0 Å². The lowest BCUT2D eigenvalue weighted by Crippen LogP contribution is -1.88. The molecule has 0 saturated heterocycles. The van der Waals surface area contributed by atoms with E-state index in [0.717, 1.165) is 21.2 Å². The van der Waals surface area contributed by atoms with E-state index in [-0.39, 0.29) is 0 Å². The highest BCUT2D eigenvalue weighted by atomic mass is 79.9. The highest BCUT2D eigenvalue weighted by Crippen LogP contribution is 2.37. The molecule has 1 aromatic heterocycles. The van der Waals surface area contributed by atoms with Gasteiger partial charge in [-0.25, -0.2) is 0 Å². The van der Waals surface area contributed by atoms with E-state index in [1.807, 2.05) is 55.5 Å². The van der Waals surface area contributed by atoms with Crippen LogP contribution in [-0.4, -0.2) is 5.16 Å². The SMILES string of the molecule is Cc1ccc(-c2onc(N)c2-c2ccccc2)cc1Br. The van der Waals surface area contributed by atoms with E-state index in [2.05, 4.69) is 21.1 Å². The van der Waals surface area contributed by atoms with Crippen molar-refractivity contribution < 1.29 is 4.52 Å². The van der Waals surface area contributed by atoms with Gasteiger partial charge in [-0.3, -0.25) is 0 Å². The Morgan fingerprint density at radius 2 is 1.80 bits per heavy atom. The first kappa shape index (κ1) is 12.9. The molecular weight excluding hydrogens is 316 g/mol. The Balaban J connectivity index is 2.18. The van der Waals surface area contributed by atoms with Crippen LogP contribution in [-0.2, 0) is 0 Å². The molecule has 4 heteroatoms. The summed E-state index contributed by atoms with van der Waals surface area (Å²) in [5.41, 5.74) is 9.91. The van der Waals surface area contributed by atoms with Gasteiger partial charge in [0.05, 0.1) is 5.56 Å². The maximum absolute atomic E-state index is 5.96. The van der Waals surface area contributed by atoms with E-state index in [1.54, 1.807) is 0 Å². The molecule has 1 heterocycles. The van der Waals surface area contributed by atoms with Crippen molar-refractivity contribution in [2.45, 2.75) is 6.92 Å². The number of nitrogen functional groups attached to an aromatic ring is 1. The van der Waals surface area contributed by atoms with E-state index in [1.165, 1.54) is 5.56 Å². The molecule has 0 aliphatic carbocycles. The van der Waals surface area contributed by atoms with Gasteiger partial charge in [0.1, 0.15) is 0 Å². The van der Waals surface area contributed by atoms with E-state index in [0.29, 0.717) is 11.6 Å². The van der Waals surface area contributed by atoms with Gasteiger partial charge in [0.2, 0.25) is 0 Å². The third-order valence-electron chi connectivity index (χ3n) is 3.21. The zero-order chi connectivity index (χ0) is 14.1. The van der Waals surface area contributed by atoms with Gasteiger partial charge in [0, 0.05) is 10.0 Å². The highest BCUT2D eigenvalue weighted by Gasteiger charge is 2.17. The zero-order valence-electron chi connectivity index (χ0n) is 10.9. The predicted molar refractivity (Wildman–Crippen MR) is 84.2 cm³/mol. The standard InChI is InChI=1S/C16H13BrN2O/c1-10-7-8-12(9-13(10)17)15-14(16(18)19-20-15)11-5-3-2-4-6-11/h2-9H,1H3,(H2,18,19). The second-order valence-electron chi connectivity index (χ2n) is 4.60. The minimum atomic E-state index is 0.405. The Hall–Kier alpha value is -2.07. The van der Waals surface area contributed by atoms with Crippen LogP contribution in [0.15, 0.2) is 57.5 Å². The molecule has 2 aromatic carbocycles. The fraction of sp³-hybridized carbons (Fsp3) is 0.0625. The largest absolute Gasteiger partial charge is 0.380 e. The second kappa shape index (κ2) is 5.13. The highest BCUT2D eigenvalue weighted by molar-refractivity contribution is 9.10. The zero-order valence-corrected chi connectivity index (χ0v) is 12.5. The molecule has 0 atom stereocenters. The molecule has 3 nitrogen and oxygen atoms in total. The fourth-order valence-electron chi connectivity index (χ4n) is 2.12. The molecule has 0 aliphatic heterocycles. The monoisotopic (exact) mass is 328 g/mol. The smallest absolute Gasteiger partial charge is 0.176 e. The lowest BCUT2D eigenvalue weighted by molar-refractivity contribution is 0.436. The van der Waals surface area contributed by atoms with E-state index >= 15 is 0 Å². The summed E-state index contributed by atoms with van der Waals surface area (Å²) in [6, 6.07) is 16.0. The number of halogens is 1. The van der Waals surface area contributed by atoms with Crippen LogP contribution >= 0.6 is 15.9 Å². The van der Waals surface area contributed by atoms with E-state index in [9.17, 15) is 0 Å². The first-order chi connectivity index (χ1) is 9.66. The molecule has 0 amide bonds. The van der Waals surface area contributed by atoms with Crippen molar-refractivity contribution in [3.63, 3.8) is 0 Å². The van der Waals surface area contributed by atoms with Gasteiger partial charge < -0.3 is 10.3 Å². The van der Waals surface area contributed by atoms with Crippen LogP contribution in [0.4, 0.5) is 5.82 Å². The summed E-state index contributed by atoms with van der Waals surface area (Å²) in [6.45, 7) is 2.04. The lowest BCUT2D eigenvalue weighted by Gasteiger charge is -2.04. The molecule has 100 valence electrons. The first-order valence-electron chi connectivity index (χ1n) is 6.24. The summed E-state index contributed by atoms with van der Waals surface area (Å²) >= 11 is 3.54. The number of aryl methyl sites for hydroxylation is 1. The maximum Gasteiger partial charge on any atom is 0.176 e. The van der Waals surface area contributed by atoms with Crippen LogP contribution in [0.25, 0.3) is 22.5 Å². The van der Waals surface area contributed by atoms with Crippen LogP contribution in [0, 0.1) is 6.92 Å². The molecule has 3 aromatic rings. The third kappa shape index (κ3) is 2.23. The molecule has 20 heavy (non-hydrogen) atoms. The molecular formula is C16H13BrN2O. The van der Waals surface area contributed by atoms with E-state index < -0.39 is 0 Å². The van der Waals surface area contributed by atoms with Gasteiger partial charge in [-0.2, -0.15) is 0 Å². The number of hydrogen-bond acceptors (Lipinski definition) is 3. The van der Waals surface area contributed by atoms with Crippen molar-refractivity contribution >= 4 is 21.7 Å². The summed E-state index contributed by atoms with van der Waals surface area (Å²) in [5, 5.41) is 3.91. The van der Waals surface area contributed by atoms with Gasteiger partial charge in [-0.15, -0.1) is 0 Å². The van der Waals surface area contributed by atoms with Gasteiger partial charge in [-0.1, -0.05) is 63.6 Å². The summed E-state index contributed by atoms with van der Waals surface area (Å²) < 4.78 is 6.47. The Bertz CT molecular complexity index is 750. The minimum absolute atomic E-state index is 0.405. The first-order valence-corrected chi connectivity index (χ1v) is 7.03. The van der Waals surface area contributed by atoms with Crippen molar-refractivity contribution in [3.05, 3.63) is 58.6 Å². The minimum Gasteiger partial charge on any atom is -0.380 e. The van der Waals surface area contributed by atoms with E-state index in [4.69, 9.17) is 10.3 Å². The Labute approximate surface area is 125 Å². The van der Waals surface area contributed by atoms with Crippen molar-refractivity contribution in [2.24, 2.45) is 0 Å². The second-order valence-corrected chi connectivity index (χ2v) is 5.46. The van der Waals surface area contributed by atoms with Gasteiger partial charge in [-0.05, 0) is 24.1 Å². The quantitative estimate of drug-likeness (QED) is 0.744. The summed E-state index contributed by atoms with van der Waals surface area (Å²) in [7, 11) is 0. The summed E-state index contributed by atoms with van der Waals surface area (Å²) in [5.74, 6) is 1.09. The van der Waals surface area contributed by atoms with Gasteiger partial charge >= 0.3 is 0 Å². The Morgan fingerprint density at radius 1 is 1.05 bits per heavy atom. The fourth-order valence-corrected chi connectivity index (χ4v) is 2.50. The summed E-state index contributed by atoms with van der Waals surface area (Å²) in [4.78, 5) is 0. The number of aromatic nitrogens is 1. The van der Waals surface area contributed by atoms with Crippen LogP contribution in [0.3, 0.4) is 0 Å². The Kier molecular flexibility index (Phi) is 3.32. The van der Waals surface area contributed by atoms with Crippen molar-refractivity contribution in [1.82, 2.24) is 5.16 Å². The third-order valence-corrected chi connectivity index (χ3v) is 4.07.